The van der Waals surface area contributed by atoms with E-state index in [1.165, 1.54) is 25.7 Å². The van der Waals surface area contributed by atoms with Crippen molar-refractivity contribution < 1.29 is 0 Å². The maximum absolute atomic E-state index is 2.38. The third kappa shape index (κ3) is 2.00. The van der Waals surface area contributed by atoms with Crippen LogP contribution in [0.25, 0.3) is 0 Å². The second-order valence-electron chi connectivity index (χ2n) is 4.05. The predicted octanol–water partition coefficient (Wildman–Crippen LogP) is 3.43. The van der Waals surface area contributed by atoms with Crippen molar-refractivity contribution in [1.82, 2.24) is 0 Å². The molecule has 0 aromatic rings. The molecule has 1 saturated carbocycles. The molecule has 1 radical (unpaired) electrons. The Labute approximate surface area is 65.0 Å². The summed E-state index contributed by atoms with van der Waals surface area (Å²) in [5.74, 6) is 3.57. The van der Waals surface area contributed by atoms with Gasteiger partial charge in [-0.1, -0.05) is 33.6 Å². The summed E-state index contributed by atoms with van der Waals surface area (Å²) in [5, 5.41) is 0. The van der Waals surface area contributed by atoms with Crippen molar-refractivity contribution in [3.8, 4) is 0 Å². The molecule has 1 aliphatic carbocycles. The second kappa shape index (κ2) is 3.41. The van der Waals surface area contributed by atoms with Gasteiger partial charge in [-0.05, 0) is 30.6 Å². The summed E-state index contributed by atoms with van der Waals surface area (Å²) in [4.78, 5) is 0. The van der Waals surface area contributed by atoms with E-state index >= 15 is 0 Å². The van der Waals surface area contributed by atoms with Gasteiger partial charge in [0.1, 0.15) is 0 Å². The first kappa shape index (κ1) is 8.10. The molecule has 0 heterocycles. The molecule has 0 heteroatoms. The lowest BCUT2D eigenvalue weighted by Crippen LogP contribution is -2.16. The molecule has 0 spiro atoms. The molecular weight excluding hydrogens is 120 g/mol. The first-order chi connectivity index (χ1) is 4.70. The van der Waals surface area contributed by atoms with E-state index in [2.05, 4.69) is 20.8 Å². The zero-order valence-corrected chi connectivity index (χ0v) is 7.48. The fourth-order valence-electron chi connectivity index (χ4n) is 1.96. The Kier molecular flexibility index (Phi) is 2.76. The Morgan fingerprint density at radius 1 is 1.20 bits per heavy atom. The molecule has 0 saturated heterocycles. The zero-order valence-electron chi connectivity index (χ0n) is 7.48. The Bertz CT molecular complexity index is 94.2. The van der Waals surface area contributed by atoms with Crippen molar-refractivity contribution in [2.45, 2.75) is 46.5 Å². The van der Waals surface area contributed by atoms with Crippen molar-refractivity contribution in [2.24, 2.45) is 11.8 Å². The van der Waals surface area contributed by atoms with Crippen LogP contribution in [0.1, 0.15) is 46.5 Å². The molecule has 0 aromatic heterocycles. The summed E-state index contributed by atoms with van der Waals surface area (Å²) in [7, 11) is 0. The summed E-state index contributed by atoms with van der Waals surface area (Å²) in [6.07, 6.45) is 5.82. The van der Waals surface area contributed by atoms with E-state index in [9.17, 15) is 0 Å². The van der Waals surface area contributed by atoms with Crippen molar-refractivity contribution in [3.63, 3.8) is 0 Å². The van der Waals surface area contributed by atoms with Crippen LogP contribution in [0.3, 0.4) is 0 Å². The summed E-state index contributed by atoms with van der Waals surface area (Å²) in [5.41, 5.74) is 0. The van der Waals surface area contributed by atoms with E-state index in [4.69, 9.17) is 0 Å². The summed E-state index contributed by atoms with van der Waals surface area (Å²) >= 11 is 0. The highest BCUT2D eigenvalue weighted by Crippen LogP contribution is 2.33. The van der Waals surface area contributed by atoms with Gasteiger partial charge in [0.25, 0.3) is 0 Å². The van der Waals surface area contributed by atoms with Gasteiger partial charge in [0.05, 0.1) is 0 Å². The fourth-order valence-corrected chi connectivity index (χ4v) is 1.96. The van der Waals surface area contributed by atoms with Crippen LogP contribution in [0.15, 0.2) is 0 Å². The van der Waals surface area contributed by atoms with Crippen LogP contribution in [-0.2, 0) is 0 Å². The lowest BCUT2D eigenvalue weighted by molar-refractivity contribution is 0.293. The molecular formula is C10H19. The molecule has 1 aliphatic rings. The van der Waals surface area contributed by atoms with E-state index in [0.29, 0.717) is 0 Å². The Morgan fingerprint density at radius 2 is 1.90 bits per heavy atom. The first-order valence-corrected chi connectivity index (χ1v) is 4.50. The van der Waals surface area contributed by atoms with Crippen LogP contribution < -0.4 is 0 Å². The molecule has 1 rings (SSSR count). The second-order valence-corrected chi connectivity index (χ2v) is 4.05. The summed E-state index contributed by atoms with van der Waals surface area (Å²) in [6.45, 7) is 6.94. The Morgan fingerprint density at radius 3 is 2.30 bits per heavy atom. The fraction of sp³-hybridized carbons (Fsp3) is 0.900. The molecule has 10 heavy (non-hydrogen) atoms. The lowest BCUT2D eigenvalue weighted by Gasteiger charge is -2.29. The van der Waals surface area contributed by atoms with E-state index in [1.807, 2.05) is 0 Å². The zero-order chi connectivity index (χ0) is 7.56. The van der Waals surface area contributed by atoms with Crippen LogP contribution in [0.5, 0.6) is 0 Å². The highest BCUT2D eigenvalue weighted by molar-refractivity contribution is 4.89. The van der Waals surface area contributed by atoms with Crippen LogP contribution >= 0.6 is 0 Å². The lowest BCUT2D eigenvalue weighted by atomic mass is 9.77. The molecule has 2 unspecified atom stereocenters. The van der Waals surface area contributed by atoms with Gasteiger partial charge in [-0.3, -0.25) is 0 Å². The number of rotatable bonds is 1. The SMILES string of the molecule is C[C](C)C1CCCC(C)C1. The van der Waals surface area contributed by atoms with Crippen molar-refractivity contribution in [1.29, 1.82) is 0 Å². The molecule has 0 aromatic carbocycles. The van der Waals surface area contributed by atoms with Crippen LogP contribution in [0, 0.1) is 17.8 Å². The van der Waals surface area contributed by atoms with Crippen LogP contribution in [0.4, 0.5) is 0 Å². The standard InChI is InChI=1S/C10H19/c1-8(2)10-6-4-5-9(3)7-10/h9-10H,4-7H2,1-3H3. The van der Waals surface area contributed by atoms with Gasteiger partial charge in [-0.15, -0.1) is 0 Å². The maximum Gasteiger partial charge on any atom is -0.0272 e. The summed E-state index contributed by atoms with van der Waals surface area (Å²) in [6, 6.07) is 0. The third-order valence-electron chi connectivity index (χ3n) is 2.75. The summed E-state index contributed by atoms with van der Waals surface area (Å²) < 4.78 is 0. The van der Waals surface area contributed by atoms with E-state index in [1.54, 1.807) is 5.92 Å². The molecule has 0 amide bonds. The van der Waals surface area contributed by atoms with Gasteiger partial charge in [-0.2, -0.15) is 0 Å². The van der Waals surface area contributed by atoms with Crippen molar-refractivity contribution in [3.05, 3.63) is 5.92 Å². The maximum atomic E-state index is 2.38. The quantitative estimate of drug-likeness (QED) is 0.522. The van der Waals surface area contributed by atoms with Gasteiger partial charge in [0, 0.05) is 0 Å². The molecule has 0 N–H and O–H groups in total. The molecule has 2 atom stereocenters. The normalized spacial score (nSPS) is 34.8. The van der Waals surface area contributed by atoms with Crippen LogP contribution in [0.2, 0.25) is 0 Å². The van der Waals surface area contributed by atoms with Gasteiger partial charge in [0.15, 0.2) is 0 Å². The minimum Gasteiger partial charge on any atom is -0.0625 e. The Balaban J connectivity index is 2.32. The molecule has 0 aliphatic heterocycles. The van der Waals surface area contributed by atoms with Gasteiger partial charge in [-0.25, -0.2) is 0 Å². The van der Waals surface area contributed by atoms with Crippen LogP contribution in [-0.4, -0.2) is 0 Å². The van der Waals surface area contributed by atoms with Gasteiger partial charge < -0.3 is 0 Å². The highest BCUT2D eigenvalue weighted by atomic mass is 14.3. The average molecular weight is 139 g/mol. The van der Waals surface area contributed by atoms with E-state index in [-0.39, 0.29) is 0 Å². The van der Waals surface area contributed by atoms with Crippen molar-refractivity contribution >= 4 is 0 Å². The third-order valence-corrected chi connectivity index (χ3v) is 2.75. The van der Waals surface area contributed by atoms with Gasteiger partial charge in [0.2, 0.25) is 0 Å². The average Bonchev–Trinajstić information content (AvgIpc) is 1.88. The predicted molar refractivity (Wildman–Crippen MR) is 45.7 cm³/mol. The Hall–Kier alpha value is 0. The minimum atomic E-state index is 0.948. The van der Waals surface area contributed by atoms with Gasteiger partial charge >= 0.3 is 0 Å². The minimum absolute atomic E-state index is 0.948. The molecule has 1 fully saturated rings. The monoisotopic (exact) mass is 139 g/mol. The van der Waals surface area contributed by atoms with E-state index < -0.39 is 0 Å². The molecule has 0 bridgehead atoms. The molecule has 59 valence electrons. The van der Waals surface area contributed by atoms with Crippen molar-refractivity contribution in [2.75, 3.05) is 0 Å². The topological polar surface area (TPSA) is 0 Å². The number of hydrogen-bond donors (Lipinski definition) is 0. The number of hydrogen-bond acceptors (Lipinski definition) is 0. The first-order valence-electron chi connectivity index (χ1n) is 4.50. The smallest absolute Gasteiger partial charge is 0.0272 e. The molecule has 0 nitrogen and oxygen atoms in total. The largest absolute Gasteiger partial charge is 0.0625 e. The highest BCUT2D eigenvalue weighted by Gasteiger charge is 2.20. The van der Waals surface area contributed by atoms with E-state index in [0.717, 1.165) is 11.8 Å².